The van der Waals surface area contributed by atoms with E-state index in [-0.39, 0.29) is 12.6 Å². The van der Waals surface area contributed by atoms with E-state index in [0.29, 0.717) is 23.7 Å². The molecule has 1 aromatic carbocycles. The molecule has 1 aliphatic rings. The molecule has 0 radical (unpaired) electrons. The van der Waals surface area contributed by atoms with Gasteiger partial charge in [0, 0.05) is 24.8 Å². The van der Waals surface area contributed by atoms with Gasteiger partial charge in [0.2, 0.25) is 0 Å². The lowest BCUT2D eigenvalue weighted by Gasteiger charge is -2.29. The highest BCUT2D eigenvalue weighted by atomic mass is 19.4. The van der Waals surface area contributed by atoms with E-state index < -0.39 is 11.7 Å². The van der Waals surface area contributed by atoms with Gasteiger partial charge < -0.3 is 10.6 Å². The molecule has 0 amide bonds. The molecule has 1 aliphatic carbocycles. The molecule has 2 N–H and O–H groups in total. The van der Waals surface area contributed by atoms with Crippen LogP contribution in [0.3, 0.4) is 0 Å². The third-order valence-electron chi connectivity index (χ3n) is 3.46. The van der Waals surface area contributed by atoms with Gasteiger partial charge in [-0.15, -0.1) is 0 Å². The summed E-state index contributed by atoms with van der Waals surface area (Å²) in [6.07, 6.45) is -2.39. The van der Waals surface area contributed by atoms with Crippen molar-refractivity contribution in [3.05, 3.63) is 29.3 Å². The predicted octanol–water partition coefficient (Wildman–Crippen LogP) is 3.79. The summed E-state index contributed by atoms with van der Waals surface area (Å²) in [7, 11) is 0. The SMILES string of the molecule is CC(C)CN(c1ccc(CN)cc1C(F)(F)F)C1CC1. The number of rotatable bonds is 5. The van der Waals surface area contributed by atoms with Gasteiger partial charge in [-0.1, -0.05) is 19.9 Å². The molecule has 0 spiro atoms. The number of anilines is 1. The van der Waals surface area contributed by atoms with Crippen LogP contribution in [0.1, 0.15) is 37.8 Å². The standard InChI is InChI=1S/C15H21F3N2/c1-10(2)9-20(12-4-5-12)14-6-3-11(8-19)7-13(14)15(16,17)18/h3,6-7,10,12H,4-5,8-9,19H2,1-2H3. The summed E-state index contributed by atoms with van der Waals surface area (Å²) in [4.78, 5) is 1.91. The van der Waals surface area contributed by atoms with Crippen molar-refractivity contribution in [2.24, 2.45) is 11.7 Å². The lowest BCUT2D eigenvalue weighted by molar-refractivity contribution is -0.137. The second kappa shape index (κ2) is 5.64. The molecule has 0 bridgehead atoms. The van der Waals surface area contributed by atoms with Crippen molar-refractivity contribution in [1.29, 1.82) is 0 Å². The maximum atomic E-state index is 13.3. The maximum absolute atomic E-state index is 13.3. The Morgan fingerprint density at radius 2 is 1.95 bits per heavy atom. The average Bonchev–Trinajstić information content (AvgIpc) is 3.18. The molecule has 0 unspecified atom stereocenters. The molecule has 0 saturated heterocycles. The normalized spacial score (nSPS) is 15.8. The molecule has 1 saturated carbocycles. The number of halogens is 3. The molecule has 0 atom stereocenters. The van der Waals surface area contributed by atoms with E-state index in [0.717, 1.165) is 12.8 Å². The molecule has 0 aromatic heterocycles. The van der Waals surface area contributed by atoms with Crippen molar-refractivity contribution >= 4 is 5.69 Å². The van der Waals surface area contributed by atoms with Gasteiger partial charge in [-0.3, -0.25) is 0 Å². The monoisotopic (exact) mass is 286 g/mol. The van der Waals surface area contributed by atoms with Crippen LogP contribution in [0, 0.1) is 5.92 Å². The number of hydrogen-bond acceptors (Lipinski definition) is 2. The molecule has 0 aliphatic heterocycles. The molecule has 5 heteroatoms. The minimum absolute atomic E-state index is 0.122. The lowest BCUT2D eigenvalue weighted by atomic mass is 10.1. The molecule has 1 aromatic rings. The van der Waals surface area contributed by atoms with Crippen LogP contribution >= 0.6 is 0 Å². The number of nitrogens with two attached hydrogens (primary N) is 1. The molecule has 20 heavy (non-hydrogen) atoms. The zero-order chi connectivity index (χ0) is 14.9. The van der Waals surface area contributed by atoms with Crippen molar-refractivity contribution in [1.82, 2.24) is 0 Å². The second-order valence-electron chi connectivity index (χ2n) is 5.83. The van der Waals surface area contributed by atoms with E-state index in [4.69, 9.17) is 5.73 Å². The Labute approximate surface area is 117 Å². The van der Waals surface area contributed by atoms with Crippen molar-refractivity contribution < 1.29 is 13.2 Å². The van der Waals surface area contributed by atoms with E-state index in [2.05, 4.69) is 0 Å². The van der Waals surface area contributed by atoms with Crippen LogP contribution in [0.5, 0.6) is 0 Å². The van der Waals surface area contributed by atoms with E-state index in [1.54, 1.807) is 12.1 Å². The quantitative estimate of drug-likeness (QED) is 0.892. The molecule has 0 heterocycles. The topological polar surface area (TPSA) is 29.3 Å². The Morgan fingerprint density at radius 3 is 2.40 bits per heavy atom. The summed E-state index contributed by atoms with van der Waals surface area (Å²) < 4.78 is 39.8. The van der Waals surface area contributed by atoms with Gasteiger partial charge in [0.1, 0.15) is 0 Å². The Balaban J connectivity index is 2.42. The highest BCUT2D eigenvalue weighted by Crippen LogP contribution is 2.41. The van der Waals surface area contributed by atoms with Crippen LogP contribution in [0.15, 0.2) is 18.2 Å². The van der Waals surface area contributed by atoms with Crippen LogP contribution in [-0.4, -0.2) is 12.6 Å². The van der Waals surface area contributed by atoms with Gasteiger partial charge in [0.05, 0.1) is 5.56 Å². The third-order valence-corrected chi connectivity index (χ3v) is 3.46. The zero-order valence-corrected chi connectivity index (χ0v) is 11.9. The molecule has 112 valence electrons. The number of benzene rings is 1. The molecular weight excluding hydrogens is 265 g/mol. The summed E-state index contributed by atoms with van der Waals surface area (Å²) in [6, 6.07) is 4.71. The lowest BCUT2D eigenvalue weighted by Crippen LogP contribution is -2.31. The molecular formula is C15H21F3N2. The van der Waals surface area contributed by atoms with Crippen molar-refractivity contribution in [3.8, 4) is 0 Å². The summed E-state index contributed by atoms with van der Waals surface area (Å²) in [6.45, 7) is 4.82. The summed E-state index contributed by atoms with van der Waals surface area (Å²) in [5, 5.41) is 0. The average molecular weight is 286 g/mol. The zero-order valence-electron chi connectivity index (χ0n) is 11.9. The summed E-state index contributed by atoms with van der Waals surface area (Å²) >= 11 is 0. The fourth-order valence-electron chi connectivity index (χ4n) is 2.41. The van der Waals surface area contributed by atoms with Gasteiger partial charge in [-0.2, -0.15) is 13.2 Å². The van der Waals surface area contributed by atoms with E-state index in [9.17, 15) is 13.2 Å². The first-order chi connectivity index (χ1) is 9.32. The fourth-order valence-corrected chi connectivity index (χ4v) is 2.41. The predicted molar refractivity (Wildman–Crippen MR) is 74.5 cm³/mol. The van der Waals surface area contributed by atoms with Crippen LogP contribution < -0.4 is 10.6 Å². The minimum Gasteiger partial charge on any atom is -0.368 e. The van der Waals surface area contributed by atoms with Gasteiger partial charge >= 0.3 is 6.18 Å². The van der Waals surface area contributed by atoms with E-state index >= 15 is 0 Å². The first-order valence-corrected chi connectivity index (χ1v) is 6.99. The highest BCUT2D eigenvalue weighted by Gasteiger charge is 2.38. The van der Waals surface area contributed by atoms with Crippen LogP contribution in [-0.2, 0) is 12.7 Å². The number of alkyl halides is 3. The van der Waals surface area contributed by atoms with Gasteiger partial charge in [-0.05, 0) is 36.5 Å². The third kappa shape index (κ3) is 3.45. The van der Waals surface area contributed by atoms with E-state index in [1.165, 1.54) is 6.07 Å². The molecule has 2 nitrogen and oxygen atoms in total. The Bertz CT molecular complexity index is 465. The second-order valence-corrected chi connectivity index (χ2v) is 5.83. The smallest absolute Gasteiger partial charge is 0.368 e. The Hall–Kier alpha value is -1.23. The fraction of sp³-hybridized carbons (Fsp3) is 0.600. The first kappa shape index (κ1) is 15.2. The van der Waals surface area contributed by atoms with Gasteiger partial charge in [0.15, 0.2) is 0 Å². The molecule has 2 rings (SSSR count). The summed E-state index contributed by atoms with van der Waals surface area (Å²) in [5.41, 5.74) is 5.71. The Kier molecular flexibility index (Phi) is 4.28. The van der Waals surface area contributed by atoms with Gasteiger partial charge in [-0.25, -0.2) is 0 Å². The van der Waals surface area contributed by atoms with Crippen molar-refractivity contribution in [2.45, 2.75) is 45.5 Å². The van der Waals surface area contributed by atoms with Crippen LogP contribution in [0.4, 0.5) is 18.9 Å². The Morgan fingerprint density at radius 1 is 1.30 bits per heavy atom. The van der Waals surface area contributed by atoms with Crippen molar-refractivity contribution in [3.63, 3.8) is 0 Å². The first-order valence-electron chi connectivity index (χ1n) is 6.99. The van der Waals surface area contributed by atoms with E-state index in [1.807, 2.05) is 18.7 Å². The molecule has 1 fully saturated rings. The van der Waals surface area contributed by atoms with Crippen molar-refractivity contribution in [2.75, 3.05) is 11.4 Å². The minimum atomic E-state index is -4.34. The largest absolute Gasteiger partial charge is 0.418 e. The van der Waals surface area contributed by atoms with Crippen LogP contribution in [0.25, 0.3) is 0 Å². The number of hydrogen-bond donors (Lipinski definition) is 1. The summed E-state index contributed by atoms with van der Waals surface area (Å²) in [5.74, 6) is 0.325. The van der Waals surface area contributed by atoms with Crippen LogP contribution in [0.2, 0.25) is 0 Å². The highest BCUT2D eigenvalue weighted by molar-refractivity contribution is 5.58. The maximum Gasteiger partial charge on any atom is 0.418 e. The van der Waals surface area contributed by atoms with Gasteiger partial charge in [0.25, 0.3) is 0 Å². The number of nitrogens with zero attached hydrogens (tertiary/aromatic N) is 1.